The van der Waals surface area contributed by atoms with E-state index in [0.29, 0.717) is 23.2 Å². The second-order valence-corrected chi connectivity index (χ2v) is 9.46. The van der Waals surface area contributed by atoms with Crippen LogP contribution in [0.2, 0.25) is 10.2 Å². The highest BCUT2D eigenvalue weighted by molar-refractivity contribution is 7.89. The minimum absolute atomic E-state index is 0.00129. The van der Waals surface area contributed by atoms with E-state index in [1.54, 1.807) is 19.1 Å². The fraction of sp³-hybridized carbons (Fsp3) is 0.333. The van der Waals surface area contributed by atoms with Crippen molar-refractivity contribution in [1.82, 2.24) is 19.4 Å². The van der Waals surface area contributed by atoms with E-state index in [-0.39, 0.29) is 28.2 Å². The monoisotopic (exact) mass is 478 g/mol. The molecule has 0 radical (unpaired) electrons. The van der Waals surface area contributed by atoms with Crippen molar-refractivity contribution in [3.8, 4) is 0 Å². The van der Waals surface area contributed by atoms with Crippen LogP contribution in [0.3, 0.4) is 0 Å². The molecule has 1 amide bonds. The van der Waals surface area contributed by atoms with Crippen LogP contribution in [0.25, 0.3) is 0 Å². The number of nitrogens with one attached hydrogen (secondary N) is 1. The Morgan fingerprint density at radius 2 is 2.03 bits per heavy atom. The third-order valence-electron chi connectivity index (χ3n) is 4.29. The van der Waals surface area contributed by atoms with Gasteiger partial charge >= 0.3 is 6.09 Å². The minimum atomic E-state index is -3.67. The summed E-state index contributed by atoms with van der Waals surface area (Å²) in [6.45, 7) is 1.36. The van der Waals surface area contributed by atoms with Gasteiger partial charge in [-0.3, -0.25) is 4.68 Å². The van der Waals surface area contributed by atoms with E-state index in [9.17, 15) is 17.6 Å². The standard InChI is InChI=1S/C18H21Cl2FN4O4S/c1-11-14(17(20)23-25(11)10-13(21)6-7-22-18(26)27)8-12-4-5-16(15(19)9-12)30(28,29)24(2)3/h4-6,9,22H,7-8,10H2,1-3H3,(H,26,27)/b13-6-. The zero-order chi connectivity index (χ0) is 22.6. The molecule has 0 unspecified atom stereocenters. The van der Waals surface area contributed by atoms with Crippen LogP contribution in [-0.4, -0.2) is 54.3 Å². The van der Waals surface area contributed by atoms with Crippen molar-refractivity contribution >= 4 is 39.3 Å². The van der Waals surface area contributed by atoms with E-state index in [2.05, 4.69) is 5.10 Å². The maximum absolute atomic E-state index is 14.0. The maximum Gasteiger partial charge on any atom is 0.404 e. The Morgan fingerprint density at radius 3 is 2.60 bits per heavy atom. The highest BCUT2D eigenvalue weighted by Gasteiger charge is 2.21. The van der Waals surface area contributed by atoms with Gasteiger partial charge in [0.05, 0.1) is 11.6 Å². The number of hydrogen-bond donors (Lipinski definition) is 2. The van der Waals surface area contributed by atoms with E-state index in [1.165, 1.54) is 24.8 Å². The zero-order valence-electron chi connectivity index (χ0n) is 16.5. The van der Waals surface area contributed by atoms with Gasteiger partial charge < -0.3 is 10.4 Å². The molecule has 1 aromatic heterocycles. The van der Waals surface area contributed by atoms with Gasteiger partial charge in [-0.05, 0) is 30.7 Å². The van der Waals surface area contributed by atoms with Gasteiger partial charge in [-0.1, -0.05) is 29.3 Å². The van der Waals surface area contributed by atoms with Crippen molar-refractivity contribution < 1.29 is 22.7 Å². The van der Waals surface area contributed by atoms with E-state index < -0.39 is 21.9 Å². The molecular formula is C18H21Cl2FN4O4S. The van der Waals surface area contributed by atoms with Crippen LogP contribution in [0.1, 0.15) is 16.8 Å². The topological polar surface area (TPSA) is 105 Å². The van der Waals surface area contributed by atoms with Crippen LogP contribution >= 0.6 is 23.2 Å². The van der Waals surface area contributed by atoms with Gasteiger partial charge in [-0.2, -0.15) is 5.10 Å². The number of benzene rings is 1. The summed E-state index contributed by atoms with van der Waals surface area (Å²) in [4.78, 5) is 10.4. The van der Waals surface area contributed by atoms with Crippen molar-refractivity contribution in [3.05, 3.63) is 57.1 Å². The minimum Gasteiger partial charge on any atom is -0.465 e. The lowest BCUT2D eigenvalue weighted by atomic mass is 10.1. The highest BCUT2D eigenvalue weighted by Crippen LogP contribution is 2.28. The highest BCUT2D eigenvalue weighted by atomic mass is 35.5. The Bertz CT molecular complexity index is 1080. The summed E-state index contributed by atoms with van der Waals surface area (Å²) in [6, 6.07) is 4.61. The number of allylic oxidation sites excluding steroid dienone is 1. The molecule has 0 aliphatic heterocycles. The van der Waals surface area contributed by atoms with Gasteiger partial charge in [0.1, 0.15) is 10.7 Å². The lowest BCUT2D eigenvalue weighted by molar-refractivity contribution is 0.195. The summed E-state index contributed by atoms with van der Waals surface area (Å²) < 4.78 is 41.0. The number of sulfonamides is 1. The molecule has 12 heteroatoms. The Hall–Kier alpha value is -2.14. The number of carbonyl (C=O) groups is 1. The first-order valence-corrected chi connectivity index (χ1v) is 10.9. The quantitative estimate of drug-likeness (QED) is 0.604. The molecule has 2 rings (SSSR count). The molecule has 0 aliphatic rings. The average Bonchev–Trinajstić information content (AvgIpc) is 2.88. The largest absolute Gasteiger partial charge is 0.465 e. The summed E-state index contributed by atoms with van der Waals surface area (Å²) >= 11 is 12.4. The number of amides is 1. The van der Waals surface area contributed by atoms with Gasteiger partial charge in [0.15, 0.2) is 5.15 Å². The number of aromatic nitrogens is 2. The molecule has 1 aromatic carbocycles. The van der Waals surface area contributed by atoms with Gasteiger partial charge in [-0.15, -0.1) is 0 Å². The maximum atomic E-state index is 14.0. The molecule has 0 spiro atoms. The van der Waals surface area contributed by atoms with Crippen LogP contribution in [0, 0.1) is 6.92 Å². The molecule has 30 heavy (non-hydrogen) atoms. The number of halogens is 3. The molecule has 8 nitrogen and oxygen atoms in total. The van der Waals surface area contributed by atoms with E-state index in [4.69, 9.17) is 28.3 Å². The van der Waals surface area contributed by atoms with Crippen molar-refractivity contribution in [3.63, 3.8) is 0 Å². The van der Waals surface area contributed by atoms with E-state index in [1.807, 2.05) is 5.32 Å². The average molecular weight is 479 g/mol. The molecule has 0 fully saturated rings. The van der Waals surface area contributed by atoms with Crippen LogP contribution in [0.5, 0.6) is 0 Å². The number of hydrogen-bond acceptors (Lipinski definition) is 4. The normalized spacial score (nSPS) is 12.4. The molecule has 0 atom stereocenters. The molecule has 164 valence electrons. The van der Waals surface area contributed by atoms with Crippen molar-refractivity contribution in [2.75, 3.05) is 20.6 Å². The number of carboxylic acid groups (broad SMARTS) is 1. The summed E-state index contributed by atoms with van der Waals surface area (Å²) in [6.07, 6.45) is 0.174. The first-order chi connectivity index (χ1) is 13.9. The fourth-order valence-corrected chi connectivity index (χ4v) is 4.35. The van der Waals surface area contributed by atoms with E-state index in [0.717, 1.165) is 10.4 Å². The number of nitrogens with zero attached hydrogens (tertiary/aromatic N) is 3. The van der Waals surface area contributed by atoms with Gasteiger partial charge in [0.2, 0.25) is 10.0 Å². The number of rotatable bonds is 8. The summed E-state index contributed by atoms with van der Waals surface area (Å²) in [5.74, 6) is -0.571. The van der Waals surface area contributed by atoms with Crippen molar-refractivity contribution in [2.24, 2.45) is 0 Å². The molecule has 0 bridgehead atoms. The lowest BCUT2D eigenvalue weighted by Crippen LogP contribution is -2.22. The second-order valence-electron chi connectivity index (χ2n) is 6.58. The van der Waals surface area contributed by atoms with Crippen LogP contribution < -0.4 is 5.32 Å². The Balaban J connectivity index is 2.22. The fourth-order valence-electron chi connectivity index (χ4n) is 2.62. The zero-order valence-corrected chi connectivity index (χ0v) is 18.8. The molecule has 0 saturated heterocycles. The smallest absolute Gasteiger partial charge is 0.404 e. The predicted molar refractivity (Wildman–Crippen MR) is 112 cm³/mol. The molecule has 0 aliphatic carbocycles. The SMILES string of the molecule is Cc1c(Cc2ccc(S(=O)(=O)N(C)C)c(Cl)c2)c(Cl)nn1C/C(F)=C/CNC(=O)O. The first kappa shape index (κ1) is 24.1. The van der Waals surface area contributed by atoms with Crippen molar-refractivity contribution in [2.45, 2.75) is 24.8 Å². The van der Waals surface area contributed by atoms with Crippen LogP contribution in [0.15, 0.2) is 35.0 Å². The summed E-state index contributed by atoms with van der Waals surface area (Å²) in [5, 5.41) is 14.9. The third-order valence-corrected chi connectivity index (χ3v) is 6.90. The molecule has 2 N–H and O–H groups in total. The van der Waals surface area contributed by atoms with E-state index >= 15 is 0 Å². The first-order valence-electron chi connectivity index (χ1n) is 8.67. The molecule has 0 saturated carbocycles. The predicted octanol–water partition coefficient (Wildman–Crippen LogP) is 3.46. The second kappa shape index (κ2) is 9.78. The summed E-state index contributed by atoms with van der Waals surface area (Å²) in [7, 11) is -0.829. The lowest BCUT2D eigenvalue weighted by Gasteiger charge is -2.13. The summed E-state index contributed by atoms with van der Waals surface area (Å²) in [5.41, 5.74) is 1.98. The van der Waals surface area contributed by atoms with Crippen LogP contribution in [0.4, 0.5) is 9.18 Å². The van der Waals surface area contributed by atoms with Gasteiger partial charge in [-0.25, -0.2) is 21.9 Å². The van der Waals surface area contributed by atoms with Gasteiger partial charge in [0, 0.05) is 38.3 Å². The van der Waals surface area contributed by atoms with Crippen LogP contribution in [-0.2, 0) is 23.0 Å². The Kier molecular flexibility index (Phi) is 7.87. The molecule has 1 heterocycles. The molecule has 2 aromatic rings. The third kappa shape index (κ3) is 5.72. The van der Waals surface area contributed by atoms with Crippen molar-refractivity contribution in [1.29, 1.82) is 0 Å². The molecular weight excluding hydrogens is 458 g/mol. The Morgan fingerprint density at radius 1 is 1.37 bits per heavy atom. The Labute approximate surface area is 183 Å². The van der Waals surface area contributed by atoms with Gasteiger partial charge in [0.25, 0.3) is 0 Å².